The van der Waals surface area contributed by atoms with Crippen molar-refractivity contribution in [2.45, 2.75) is 19.9 Å². The number of halogens is 1. The topological polar surface area (TPSA) is 75.4 Å². The molecule has 0 unspecified atom stereocenters. The van der Waals surface area contributed by atoms with Gasteiger partial charge in [0.15, 0.2) is 0 Å². The van der Waals surface area contributed by atoms with Gasteiger partial charge in [0.1, 0.15) is 0 Å². The number of carbonyl (C=O) groups is 2. The van der Waals surface area contributed by atoms with E-state index < -0.39 is 5.91 Å². The van der Waals surface area contributed by atoms with Gasteiger partial charge in [0.05, 0.1) is 13.1 Å². The summed E-state index contributed by atoms with van der Waals surface area (Å²) in [6.45, 7) is 4.06. The number of carbonyl (C=O) groups excluding carboxylic acids is 2. The second-order valence-corrected chi connectivity index (χ2v) is 5.77. The zero-order valence-corrected chi connectivity index (χ0v) is 13.2. The van der Waals surface area contributed by atoms with Crippen LogP contribution in [0.1, 0.15) is 13.8 Å². The Balaban J connectivity index is 2.60. The van der Waals surface area contributed by atoms with Gasteiger partial charge in [0.2, 0.25) is 11.8 Å². The average molecular weight is 375 g/mol. The lowest BCUT2D eigenvalue weighted by atomic mass is 10.3. The van der Waals surface area contributed by atoms with Crippen LogP contribution in [0.3, 0.4) is 0 Å². The van der Waals surface area contributed by atoms with E-state index in [1.807, 2.05) is 38.1 Å². The number of nitrogens with one attached hydrogen (secondary N) is 1. The molecule has 0 aliphatic heterocycles. The van der Waals surface area contributed by atoms with Crippen molar-refractivity contribution in [1.29, 1.82) is 0 Å². The van der Waals surface area contributed by atoms with Gasteiger partial charge in [-0.2, -0.15) is 0 Å². The van der Waals surface area contributed by atoms with Gasteiger partial charge in [-0.15, -0.1) is 0 Å². The molecule has 0 bridgehead atoms. The van der Waals surface area contributed by atoms with E-state index in [4.69, 9.17) is 5.73 Å². The van der Waals surface area contributed by atoms with Crippen molar-refractivity contribution in [3.63, 3.8) is 0 Å². The van der Waals surface area contributed by atoms with E-state index in [0.717, 1.165) is 9.26 Å². The fourth-order valence-corrected chi connectivity index (χ4v) is 2.12. The standard InChI is InChI=1S/C13H18IN3O2/c1-9(2)17(7-12(15)18)8-13(19)16-11-5-3-4-10(14)6-11/h3-6,9H,7-8H2,1-2H3,(H2,15,18)(H,16,19). The Morgan fingerprint density at radius 2 is 2.05 bits per heavy atom. The zero-order chi connectivity index (χ0) is 14.4. The Labute approximate surface area is 126 Å². The number of hydrogen-bond acceptors (Lipinski definition) is 3. The Kier molecular flexibility index (Phi) is 6.23. The van der Waals surface area contributed by atoms with Crippen molar-refractivity contribution in [3.05, 3.63) is 27.8 Å². The van der Waals surface area contributed by atoms with Crippen molar-refractivity contribution in [2.24, 2.45) is 5.73 Å². The highest BCUT2D eigenvalue weighted by Gasteiger charge is 2.16. The van der Waals surface area contributed by atoms with Gasteiger partial charge in [0.25, 0.3) is 0 Å². The van der Waals surface area contributed by atoms with Gasteiger partial charge >= 0.3 is 0 Å². The molecule has 0 aromatic heterocycles. The quantitative estimate of drug-likeness (QED) is 0.739. The molecule has 5 nitrogen and oxygen atoms in total. The summed E-state index contributed by atoms with van der Waals surface area (Å²) in [7, 11) is 0. The molecular weight excluding hydrogens is 357 g/mol. The van der Waals surface area contributed by atoms with Crippen LogP contribution in [0.15, 0.2) is 24.3 Å². The number of anilines is 1. The molecule has 0 heterocycles. The van der Waals surface area contributed by atoms with Crippen molar-refractivity contribution in [2.75, 3.05) is 18.4 Å². The SMILES string of the molecule is CC(C)N(CC(N)=O)CC(=O)Nc1cccc(I)c1. The van der Waals surface area contributed by atoms with E-state index in [2.05, 4.69) is 27.9 Å². The molecule has 1 rings (SSSR count). The lowest BCUT2D eigenvalue weighted by Gasteiger charge is -2.24. The summed E-state index contributed by atoms with van der Waals surface area (Å²) in [5.41, 5.74) is 5.92. The first-order valence-electron chi connectivity index (χ1n) is 5.96. The summed E-state index contributed by atoms with van der Waals surface area (Å²) >= 11 is 2.18. The van der Waals surface area contributed by atoms with Crippen LogP contribution in [0.4, 0.5) is 5.69 Å². The molecule has 1 aromatic rings. The Hall–Kier alpha value is -1.15. The first-order chi connectivity index (χ1) is 8.88. The molecule has 3 N–H and O–H groups in total. The van der Waals surface area contributed by atoms with Crippen LogP contribution < -0.4 is 11.1 Å². The minimum absolute atomic E-state index is 0.0779. The smallest absolute Gasteiger partial charge is 0.238 e. The second-order valence-electron chi connectivity index (χ2n) is 4.52. The molecular formula is C13H18IN3O2. The Bertz CT molecular complexity index is 463. The van der Waals surface area contributed by atoms with E-state index in [1.165, 1.54) is 0 Å². The maximum absolute atomic E-state index is 11.9. The summed E-state index contributed by atoms with van der Waals surface area (Å²) < 4.78 is 1.05. The first kappa shape index (κ1) is 15.9. The first-order valence-corrected chi connectivity index (χ1v) is 7.04. The average Bonchev–Trinajstić information content (AvgIpc) is 2.27. The van der Waals surface area contributed by atoms with Crippen LogP contribution in [0.25, 0.3) is 0 Å². The number of amides is 2. The lowest BCUT2D eigenvalue weighted by molar-refractivity contribution is -0.121. The summed E-state index contributed by atoms with van der Waals surface area (Å²) in [5, 5.41) is 2.80. The molecule has 0 spiro atoms. The zero-order valence-electron chi connectivity index (χ0n) is 11.0. The van der Waals surface area contributed by atoms with Gasteiger partial charge in [-0.1, -0.05) is 6.07 Å². The van der Waals surface area contributed by atoms with Gasteiger partial charge in [-0.25, -0.2) is 0 Å². The number of benzene rings is 1. The third-order valence-electron chi connectivity index (χ3n) is 2.54. The number of rotatable bonds is 6. The molecule has 0 saturated carbocycles. The molecule has 0 saturated heterocycles. The molecule has 0 aliphatic rings. The second kappa shape index (κ2) is 7.44. The van der Waals surface area contributed by atoms with Crippen LogP contribution in [-0.2, 0) is 9.59 Å². The van der Waals surface area contributed by atoms with Crippen molar-refractivity contribution in [1.82, 2.24) is 4.90 Å². The van der Waals surface area contributed by atoms with Crippen LogP contribution in [0.5, 0.6) is 0 Å². The predicted octanol–water partition coefficient (Wildman–Crippen LogP) is 1.43. The van der Waals surface area contributed by atoms with Gasteiger partial charge in [-0.05, 0) is 54.6 Å². The Morgan fingerprint density at radius 1 is 1.37 bits per heavy atom. The minimum atomic E-state index is -0.434. The maximum atomic E-state index is 11.9. The molecule has 1 aromatic carbocycles. The van der Waals surface area contributed by atoms with Crippen LogP contribution in [0, 0.1) is 3.57 Å². The number of nitrogens with two attached hydrogens (primary N) is 1. The molecule has 6 heteroatoms. The molecule has 2 amide bonds. The largest absolute Gasteiger partial charge is 0.369 e. The monoisotopic (exact) mass is 375 g/mol. The maximum Gasteiger partial charge on any atom is 0.238 e. The third-order valence-corrected chi connectivity index (χ3v) is 3.22. The minimum Gasteiger partial charge on any atom is -0.369 e. The van der Waals surface area contributed by atoms with Crippen molar-refractivity contribution < 1.29 is 9.59 Å². The molecule has 104 valence electrons. The van der Waals surface area contributed by atoms with E-state index in [0.29, 0.717) is 0 Å². The molecule has 0 aliphatic carbocycles. The summed E-state index contributed by atoms with van der Waals surface area (Å²) in [5.74, 6) is -0.590. The highest BCUT2D eigenvalue weighted by Crippen LogP contribution is 2.12. The van der Waals surface area contributed by atoms with E-state index in [1.54, 1.807) is 4.90 Å². The predicted molar refractivity (Wildman–Crippen MR) is 83.7 cm³/mol. The molecule has 0 atom stereocenters. The van der Waals surface area contributed by atoms with Crippen LogP contribution in [0.2, 0.25) is 0 Å². The summed E-state index contributed by atoms with van der Waals surface area (Å²) in [4.78, 5) is 24.6. The number of primary amides is 1. The number of nitrogens with zero attached hydrogens (tertiary/aromatic N) is 1. The van der Waals surface area contributed by atoms with Gasteiger partial charge in [-0.3, -0.25) is 14.5 Å². The van der Waals surface area contributed by atoms with Crippen LogP contribution in [-0.4, -0.2) is 35.8 Å². The summed E-state index contributed by atoms with van der Waals surface area (Å²) in [6, 6.07) is 7.61. The fraction of sp³-hybridized carbons (Fsp3) is 0.385. The van der Waals surface area contributed by atoms with E-state index in [-0.39, 0.29) is 25.0 Å². The fourth-order valence-electron chi connectivity index (χ4n) is 1.57. The molecule has 0 radical (unpaired) electrons. The number of hydrogen-bond donors (Lipinski definition) is 2. The highest BCUT2D eigenvalue weighted by molar-refractivity contribution is 14.1. The summed E-state index contributed by atoms with van der Waals surface area (Å²) in [6.07, 6.45) is 0. The molecule has 19 heavy (non-hydrogen) atoms. The normalized spacial score (nSPS) is 10.8. The van der Waals surface area contributed by atoms with Gasteiger partial charge in [0, 0.05) is 15.3 Å². The van der Waals surface area contributed by atoms with E-state index in [9.17, 15) is 9.59 Å². The molecule has 0 fully saturated rings. The lowest BCUT2D eigenvalue weighted by Crippen LogP contribution is -2.43. The highest BCUT2D eigenvalue weighted by atomic mass is 127. The van der Waals surface area contributed by atoms with E-state index >= 15 is 0 Å². The Morgan fingerprint density at radius 3 is 2.58 bits per heavy atom. The third kappa shape index (κ3) is 6.02. The van der Waals surface area contributed by atoms with Gasteiger partial charge < -0.3 is 11.1 Å². The van der Waals surface area contributed by atoms with Crippen molar-refractivity contribution in [3.8, 4) is 0 Å². The van der Waals surface area contributed by atoms with Crippen LogP contribution >= 0.6 is 22.6 Å². The van der Waals surface area contributed by atoms with Crippen molar-refractivity contribution >= 4 is 40.1 Å².